The summed E-state index contributed by atoms with van der Waals surface area (Å²) in [6, 6.07) is 3.93. The van der Waals surface area contributed by atoms with E-state index in [2.05, 4.69) is 52.3 Å². The van der Waals surface area contributed by atoms with Gasteiger partial charge in [0, 0.05) is 12.1 Å². The lowest BCUT2D eigenvalue weighted by atomic mass is 10.1. The Kier molecular flexibility index (Phi) is 9.91. The number of nitrogens with one attached hydrogen (secondary N) is 2. The second kappa shape index (κ2) is 10.2. The molecule has 0 fully saturated rings. The van der Waals surface area contributed by atoms with E-state index in [4.69, 9.17) is 9.47 Å². The summed E-state index contributed by atoms with van der Waals surface area (Å²) in [5.41, 5.74) is 0.995. The highest BCUT2D eigenvalue weighted by atomic mass is 127. The number of halogens is 2. The van der Waals surface area contributed by atoms with E-state index in [1.54, 1.807) is 14.2 Å². The Hall–Kier alpha value is -0.700. The third-order valence-corrected chi connectivity index (χ3v) is 3.34. The predicted octanol–water partition coefficient (Wildman–Crippen LogP) is 3.94. The Bertz CT molecular complexity index is 531. The molecule has 0 aliphatic heterocycles. The van der Waals surface area contributed by atoms with E-state index in [0.29, 0.717) is 18.0 Å². The van der Waals surface area contributed by atoms with Gasteiger partial charge in [0.1, 0.15) is 0 Å². The van der Waals surface area contributed by atoms with Crippen LogP contribution in [0.2, 0.25) is 0 Å². The van der Waals surface area contributed by atoms with Crippen LogP contribution in [-0.4, -0.2) is 32.3 Å². The molecule has 0 saturated heterocycles. The number of methoxy groups -OCH3 is 2. The molecule has 0 saturated carbocycles. The molecule has 0 aliphatic rings. The first-order valence-electron chi connectivity index (χ1n) is 7.27. The molecule has 0 bridgehead atoms. The van der Waals surface area contributed by atoms with Crippen LogP contribution >= 0.6 is 39.9 Å². The number of nitrogens with zero attached hydrogens (tertiary/aromatic N) is 1. The molecule has 7 heteroatoms. The van der Waals surface area contributed by atoms with Crippen molar-refractivity contribution < 1.29 is 9.47 Å². The lowest BCUT2D eigenvalue weighted by Gasteiger charge is -2.23. The van der Waals surface area contributed by atoms with E-state index < -0.39 is 0 Å². The molecule has 1 aromatic rings. The molecule has 0 unspecified atom stereocenters. The maximum atomic E-state index is 5.36. The van der Waals surface area contributed by atoms with E-state index in [9.17, 15) is 0 Å². The normalized spacial score (nSPS) is 11.5. The highest BCUT2D eigenvalue weighted by Crippen LogP contribution is 2.36. The van der Waals surface area contributed by atoms with Gasteiger partial charge in [-0.25, -0.2) is 4.99 Å². The van der Waals surface area contributed by atoms with Gasteiger partial charge in [0.05, 0.1) is 25.2 Å². The van der Waals surface area contributed by atoms with Gasteiger partial charge in [-0.1, -0.05) is 0 Å². The van der Waals surface area contributed by atoms with Crippen molar-refractivity contribution in [2.24, 2.45) is 4.99 Å². The molecular formula is C16H27BrIN3O2. The molecule has 0 atom stereocenters. The Morgan fingerprint density at radius 2 is 1.87 bits per heavy atom. The number of hydrogen-bond acceptors (Lipinski definition) is 3. The summed E-state index contributed by atoms with van der Waals surface area (Å²) in [6.07, 6.45) is 0. The first-order valence-corrected chi connectivity index (χ1v) is 8.07. The molecule has 132 valence electrons. The van der Waals surface area contributed by atoms with Gasteiger partial charge in [-0.15, -0.1) is 24.0 Å². The largest absolute Gasteiger partial charge is 0.493 e. The zero-order valence-electron chi connectivity index (χ0n) is 14.6. The monoisotopic (exact) mass is 499 g/mol. The summed E-state index contributed by atoms with van der Waals surface area (Å²) in [4.78, 5) is 4.62. The number of aliphatic imine (C=N–C) groups is 1. The van der Waals surface area contributed by atoms with Gasteiger partial charge in [-0.3, -0.25) is 0 Å². The first kappa shape index (κ1) is 22.3. The van der Waals surface area contributed by atoms with Crippen molar-refractivity contribution in [3.63, 3.8) is 0 Å². The zero-order chi connectivity index (χ0) is 16.8. The van der Waals surface area contributed by atoms with Gasteiger partial charge in [0.15, 0.2) is 17.5 Å². The third kappa shape index (κ3) is 7.60. The maximum absolute atomic E-state index is 5.36. The van der Waals surface area contributed by atoms with Crippen LogP contribution in [-0.2, 0) is 6.54 Å². The van der Waals surface area contributed by atoms with E-state index >= 15 is 0 Å². The lowest BCUT2D eigenvalue weighted by Crippen LogP contribution is -2.47. The Labute approximate surface area is 164 Å². The maximum Gasteiger partial charge on any atom is 0.191 e. The molecule has 0 heterocycles. The van der Waals surface area contributed by atoms with Crippen LogP contribution in [0.5, 0.6) is 11.5 Å². The number of ether oxygens (including phenoxy) is 2. The van der Waals surface area contributed by atoms with Crippen LogP contribution in [0.4, 0.5) is 0 Å². The molecule has 2 N–H and O–H groups in total. The van der Waals surface area contributed by atoms with E-state index in [-0.39, 0.29) is 29.5 Å². The molecule has 5 nitrogen and oxygen atoms in total. The highest BCUT2D eigenvalue weighted by Gasteiger charge is 2.13. The van der Waals surface area contributed by atoms with E-state index in [1.807, 2.05) is 19.1 Å². The average Bonchev–Trinajstić information content (AvgIpc) is 2.42. The molecule has 0 aromatic heterocycles. The molecule has 0 spiro atoms. The van der Waals surface area contributed by atoms with E-state index in [0.717, 1.165) is 22.5 Å². The average molecular weight is 500 g/mol. The number of rotatable bonds is 5. The van der Waals surface area contributed by atoms with Gasteiger partial charge in [-0.05, 0) is 61.3 Å². The Morgan fingerprint density at radius 3 is 2.35 bits per heavy atom. The van der Waals surface area contributed by atoms with Crippen LogP contribution < -0.4 is 20.1 Å². The fourth-order valence-corrected chi connectivity index (χ4v) is 2.55. The summed E-state index contributed by atoms with van der Waals surface area (Å²) in [5, 5.41) is 6.61. The quantitative estimate of drug-likeness (QED) is 0.366. The van der Waals surface area contributed by atoms with Crippen molar-refractivity contribution in [3.05, 3.63) is 22.2 Å². The summed E-state index contributed by atoms with van der Waals surface area (Å²) in [6.45, 7) is 9.72. The van der Waals surface area contributed by atoms with Crippen LogP contribution in [0.1, 0.15) is 33.3 Å². The van der Waals surface area contributed by atoms with E-state index in [1.165, 1.54) is 0 Å². The third-order valence-electron chi connectivity index (χ3n) is 2.75. The van der Waals surface area contributed by atoms with Gasteiger partial charge in [-0.2, -0.15) is 0 Å². The van der Waals surface area contributed by atoms with Crippen molar-refractivity contribution >= 4 is 45.9 Å². The van der Waals surface area contributed by atoms with Crippen LogP contribution in [0, 0.1) is 0 Å². The van der Waals surface area contributed by atoms with Crippen molar-refractivity contribution in [2.45, 2.75) is 39.8 Å². The summed E-state index contributed by atoms with van der Waals surface area (Å²) in [7, 11) is 3.25. The van der Waals surface area contributed by atoms with Crippen molar-refractivity contribution in [1.82, 2.24) is 10.6 Å². The molecule has 1 rings (SSSR count). The number of hydrogen-bond donors (Lipinski definition) is 2. The second-order valence-corrected chi connectivity index (χ2v) is 6.74. The van der Waals surface area contributed by atoms with Crippen LogP contribution in [0.15, 0.2) is 21.6 Å². The minimum absolute atomic E-state index is 0. The number of guanidine groups is 1. The topological polar surface area (TPSA) is 54.9 Å². The van der Waals surface area contributed by atoms with Crippen molar-refractivity contribution in [2.75, 3.05) is 20.8 Å². The molecule has 23 heavy (non-hydrogen) atoms. The Balaban J connectivity index is 0.00000484. The SMILES string of the molecule is CCNC(=NCc1cc(Br)c(OC)c(OC)c1)NC(C)(C)C.I. The molecule has 0 amide bonds. The zero-order valence-corrected chi connectivity index (χ0v) is 18.5. The fraction of sp³-hybridized carbons (Fsp3) is 0.562. The van der Waals surface area contributed by atoms with Crippen molar-refractivity contribution in [3.8, 4) is 11.5 Å². The highest BCUT2D eigenvalue weighted by molar-refractivity contribution is 14.0. The first-order chi connectivity index (χ1) is 10.3. The molecule has 0 aliphatic carbocycles. The second-order valence-electron chi connectivity index (χ2n) is 5.88. The smallest absolute Gasteiger partial charge is 0.191 e. The number of benzene rings is 1. The fourth-order valence-electron chi connectivity index (χ4n) is 1.90. The summed E-state index contributed by atoms with van der Waals surface area (Å²) < 4.78 is 11.5. The molecule has 0 radical (unpaired) electrons. The standard InChI is InChI=1S/C16H26BrN3O2.HI/c1-7-18-15(20-16(2,3)4)19-10-11-8-12(17)14(22-6)13(9-11)21-5;/h8-9H,7,10H2,1-6H3,(H2,18,19,20);1H. The van der Waals surface area contributed by atoms with Gasteiger partial charge in [0.25, 0.3) is 0 Å². The van der Waals surface area contributed by atoms with Gasteiger partial charge < -0.3 is 20.1 Å². The summed E-state index contributed by atoms with van der Waals surface area (Å²) in [5.74, 6) is 2.17. The van der Waals surface area contributed by atoms with Crippen LogP contribution in [0.25, 0.3) is 0 Å². The minimum Gasteiger partial charge on any atom is -0.493 e. The molecular weight excluding hydrogens is 473 g/mol. The van der Waals surface area contributed by atoms with Gasteiger partial charge >= 0.3 is 0 Å². The predicted molar refractivity (Wildman–Crippen MR) is 110 cm³/mol. The minimum atomic E-state index is -0.0425. The van der Waals surface area contributed by atoms with Gasteiger partial charge in [0.2, 0.25) is 0 Å². The van der Waals surface area contributed by atoms with Crippen molar-refractivity contribution in [1.29, 1.82) is 0 Å². The Morgan fingerprint density at radius 1 is 1.22 bits per heavy atom. The lowest BCUT2D eigenvalue weighted by molar-refractivity contribution is 0.352. The van der Waals surface area contributed by atoms with Crippen LogP contribution in [0.3, 0.4) is 0 Å². The molecule has 1 aromatic carbocycles. The summed E-state index contributed by atoms with van der Waals surface area (Å²) >= 11 is 3.50.